The Hall–Kier alpha value is -1.59. The number of carboxylic acid groups (broad SMARTS) is 1. The third-order valence-electron chi connectivity index (χ3n) is 3.10. The quantitative estimate of drug-likeness (QED) is 0.671. The van der Waals surface area contributed by atoms with Gasteiger partial charge >= 0.3 is 5.97 Å². The minimum absolute atomic E-state index is 0.154. The van der Waals surface area contributed by atoms with Crippen LogP contribution >= 0.6 is 23.4 Å². The molecule has 0 saturated heterocycles. The lowest BCUT2D eigenvalue weighted by molar-refractivity contribution is 0.0682. The van der Waals surface area contributed by atoms with Gasteiger partial charge in [-0.25, -0.2) is 14.8 Å². The molecule has 4 nitrogen and oxygen atoms in total. The van der Waals surface area contributed by atoms with Gasteiger partial charge in [0.1, 0.15) is 5.03 Å². The molecule has 0 atom stereocenters. The Bertz CT molecular complexity index is 651. The van der Waals surface area contributed by atoms with E-state index in [-0.39, 0.29) is 5.82 Å². The third kappa shape index (κ3) is 3.54. The number of hydrogen-bond donors (Lipinski definition) is 1. The number of aromatic nitrogens is 2. The normalized spacial score (nSPS) is 10.6. The summed E-state index contributed by atoms with van der Waals surface area (Å²) in [5, 5.41) is 10.5. The molecule has 0 spiro atoms. The molecule has 0 unspecified atom stereocenters. The van der Waals surface area contributed by atoms with E-state index in [2.05, 4.69) is 9.97 Å². The molecule has 0 aliphatic rings. The zero-order valence-corrected chi connectivity index (χ0v) is 13.3. The maximum atomic E-state index is 11.1. The third-order valence-corrected chi connectivity index (χ3v) is 4.19. The number of aryl methyl sites for hydroxylation is 1. The summed E-state index contributed by atoms with van der Waals surface area (Å²) in [4.78, 5) is 19.4. The van der Waals surface area contributed by atoms with Crippen molar-refractivity contribution in [2.45, 2.75) is 24.8 Å². The van der Waals surface area contributed by atoms with Crippen molar-refractivity contribution in [3.8, 4) is 0 Å². The summed E-state index contributed by atoms with van der Waals surface area (Å²) in [5.74, 6) is -1.26. The van der Waals surface area contributed by atoms with Crippen molar-refractivity contribution >= 4 is 29.3 Å². The lowest BCUT2D eigenvalue weighted by Gasteiger charge is -2.13. The number of halogens is 1. The Balaban J connectivity index is 2.51. The van der Waals surface area contributed by atoms with Crippen LogP contribution in [0.15, 0.2) is 29.3 Å². The van der Waals surface area contributed by atoms with Crippen LogP contribution in [0, 0.1) is 0 Å². The van der Waals surface area contributed by atoms with Crippen LogP contribution in [0.4, 0.5) is 0 Å². The van der Waals surface area contributed by atoms with Crippen LogP contribution in [0.1, 0.15) is 34.4 Å². The predicted molar refractivity (Wildman–Crippen MR) is 84.4 cm³/mol. The molecule has 0 radical (unpaired) electrons. The summed E-state index contributed by atoms with van der Waals surface area (Å²) >= 11 is 7.63. The number of benzene rings is 1. The van der Waals surface area contributed by atoms with Crippen LogP contribution in [-0.4, -0.2) is 27.3 Å². The molecule has 6 heteroatoms. The number of aromatic carboxylic acids is 1. The highest BCUT2D eigenvalue weighted by Gasteiger charge is 2.17. The van der Waals surface area contributed by atoms with Crippen LogP contribution in [0.3, 0.4) is 0 Å². The molecule has 0 aliphatic heterocycles. The second kappa shape index (κ2) is 6.91. The summed E-state index contributed by atoms with van der Waals surface area (Å²) < 4.78 is 0. The largest absolute Gasteiger partial charge is 0.475 e. The number of carbonyl (C=O) groups is 1. The minimum atomic E-state index is -1.11. The first-order valence-corrected chi connectivity index (χ1v) is 8.07. The van der Waals surface area contributed by atoms with Gasteiger partial charge in [-0.15, -0.1) is 11.8 Å². The lowest BCUT2D eigenvalue weighted by Crippen LogP contribution is -2.11. The molecule has 2 aromatic rings. The molecule has 0 aliphatic carbocycles. The van der Waals surface area contributed by atoms with Crippen molar-refractivity contribution in [1.29, 1.82) is 0 Å². The standard InChI is InChI=1S/C15H15ClN2O2S/c1-3-12-10(8-9-6-4-5-7-11(9)16)14(21-2)18-13(17-12)15(19)20/h4-7H,3,8H2,1-2H3,(H,19,20). The van der Waals surface area contributed by atoms with E-state index >= 15 is 0 Å². The van der Waals surface area contributed by atoms with E-state index in [1.165, 1.54) is 11.8 Å². The van der Waals surface area contributed by atoms with Crippen LogP contribution in [0.5, 0.6) is 0 Å². The Kier molecular flexibility index (Phi) is 5.20. The van der Waals surface area contributed by atoms with E-state index in [0.717, 1.165) is 16.8 Å². The molecule has 0 saturated carbocycles. The zero-order valence-electron chi connectivity index (χ0n) is 11.8. The Morgan fingerprint density at radius 1 is 1.33 bits per heavy atom. The van der Waals surface area contributed by atoms with Crippen LogP contribution in [-0.2, 0) is 12.8 Å². The maximum Gasteiger partial charge on any atom is 0.373 e. The second-order valence-corrected chi connectivity index (χ2v) is 5.61. The molecule has 0 bridgehead atoms. The first-order chi connectivity index (χ1) is 10.1. The number of nitrogens with zero attached hydrogens (tertiary/aromatic N) is 2. The van der Waals surface area contributed by atoms with Gasteiger partial charge in [0, 0.05) is 22.7 Å². The fourth-order valence-electron chi connectivity index (χ4n) is 2.07. The van der Waals surface area contributed by atoms with Crippen molar-refractivity contribution in [3.05, 3.63) is 51.9 Å². The van der Waals surface area contributed by atoms with Gasteiger partial charge in [0.15, 0.2) is 0 Å². The first-order valence-electron chi connectivity index (χ1n) is 6.47. The highest BCUT2D eigenvalue weighted by Crippen LogP contribution is 2.27. The number of rotatable bonds is 5. The predicted octanol–water partition coefficient (Wildman–Crippen LogP) is 3.70. The number of hydrogen-bond acceptors (Lipinski definition) is 4. The van der Waals surface area contributed by atoms with Gasteiger partial charge in [-0.05, 0) is 24.3 Å². The maximum absolute atomic E-state index is 11.1. The summed E-state index contributed by atoms with van der Waals surface area (Å²) in [6.07, 6.45) is 3.12. The van der Waals surface area contributed by atoms with Gasteiger partial charge in [0.05, 0.1) is 0 Å². The van der Waals surface area contributed by atoms with E-state index in [1.54, 1.807) is 0 Å². The van der Waals surface area contributed by atoms with Gasteiger partial charge in [0.2, 0.25) is 5.82 Å². The average Bonchev–Trinajstić information content (AvgIpc) is 2.49. The monoisotopic (exact) mass is 322 g/mol. The molecule has 0 amide bonds. The van der Waals surface area contributed by atoms with Crippen LogP contribution in [0.2, 0.25) is 5.02 Å². The molecular formula is C15H15ClN2O2S. The van der Waals surface area contributed by atoms with Crippen LogP contribution < -0.4 is 0 Å². The van der Waals surface area contributed by atoms with E-state index < -0.39 is 5.97 Å². The second-order valence-electron chi connectivity index (χ2n) is 4.41. The molecule has 0 fully saturated rings. The fourth-order valence-corrected chi connectivity index (χ4v) is 2.89. The summed E-state index contributed by atoms with van der Waals surface area (Å²) in [6, 6.07) is 7.61. The highest BCUT2D eigenvalue weighted by molar-refractivity contribution is 7.98. The van der Waals surface area contributed by atoms with E-state index in [1.807, 2.05) is 37.4 Å². The molecule has 1 heterocycles. The Morgan fingerprint density at radius 2 is 2.05 bits per heavy atom. The SMILES string of the molecule is CCc1nc(C(=O)O)nc(SC)c1Cc1ccccc1Cl. The molecule has 1 aromatic carbocycles. The minimum Gasteiger partial charge on any atom is -0.475 e. The molecular weight excluding hydrogens is 308 g/mol. The number of carboxylic acids is 1. The number of thioether (sulfide) groups is 1. The van der Waals surface area contributed by atoms with Gasteiger partial charge in [-0.2, -0.15) is 0 Å². The smallest absolute Gasteiger partial charge is 0.373 e. The van der Waals surface area contributed by atoms with Gasteiger partial charge < -0.3 is 5.11 Å². The van der Waals surface area contributed by atoms with Crippen molar-refractivity contribution in [3.63, 3.8) is 0 Å². The molecule has 110 valence electrons. The van der Waals surface area contributed by atoms with Crippen molar-refractivity contribution in [1.82, 2.24) is 9.97 Å². The van der Waals surface area contributed by atoms with Gasteiger partial charge in [0.25, 0.3) is 0 Å². The van der Waals surface area contributed by atoms with Crippen molar-refractivity contribution < 1.29 is 9.90 Å². The average molecular weight is 323 g/mol. The highest BCUT2D eigenvalue weighted by atomic mass is 35.5. The van der Waals surface area contributed by atoms with Crippen LogP contribution in [0.25, 0.3) is 0 Å². The molecule has 21 heavy (non-hydrogen) atoms. The Morgan fingerprint density at radius 3 is 2.62 bits per heavy atom. The first kappa shape index (κ1) is 15.8. The molecule has 2 rings (SSSR count). The fraction of sp³-hybridized carbons (Fsp3) is 0.267. The zero-order chi connectivity index (χ0) is 15.4. The summed E-state index contributed by atoms with van der Waals surface area (Å²) in [7, 11) is 0. The van der Waals surface area contributed by atoms with Crippen molar-refractivity contribution in [2.75, 3.05) is 6.26 Å². The van der Waals surface area contributed by atoms with Gasteiger partial charge in [-0.3, -0.25) is 0 Å². The van der Waals surface area contributed by atoms with E-state index in [4.69, 9.17) is 16.7 Å². The van der Waals surface area contributed by atoms with Gasteiger partial charge in [-0.1, -0.05) is 36.7 Å². The topological polar surface area (TPSA) is 63.1 Å². The van der Waals surface area contributed by atoms with E-state index in [0.29, 0.717) is 22.9 Å². The molecule has 1 aromatic heterocycles. The lowest BCUT2D eigenvalue weighted by atomic mass is 10.0. The summed E-state index contributed by atoms with van der Waals surface area (Å²) in [5.41, 5.74) is 2.69. The van der Waals surface area contributed by atoms with Crippen molar-refractivity contribution in [2.24, 2.45) is 0 Å². The van der Waals surface area contributed by atoms with E-state index in [9.17, 15) is 4.79 Å². The molecule has 1 N–H and O–H groups in total. The Labute approximate surface area is 132 Å². The summed E-state index contributed by atoms with van der Waals surface area (Å²) in [6.45, 7) is 1.95.